The third kappa shape index (κ3) is 3.00. The molecule has 0 aromatic carbocycles. The number of hydrogen-bond donors (Lipinski definition) is 0. The van der Waals surface area contributed by atoms with E-state index in [0.717, 1.165) is 37.6 Å². The first kappa shape index (κ1) is 14.4. The molecule has 4 rings (SSSR count). The fraction of sp³-hybridized carbons (Fsp3) is 0.625. The van der Waals surface area contributed by atoms with Crippen LogP contribution in [0.3, 0.4) is 0 Å². The summed E-state index contributed by atoms with van der Waals surface area (Å²) in [6, 6.07) is 2.55. The van der Waals surface area contributed by atoms with E-state index in [-0.39, 0.29) is 0 Å². The van der Waals surface area contributed by atoms with Crippen molar-refractivity contribution in [3.05, 3.63) is 24.5 Å². The van der Waals surface area contributed by atoms with Gasteiger partial charge < -0.3 is 14.2 Å². The lowest BCUT2D eigenvalue weighted by atomic mass is 9.97. The Balaban J connectivity index is 1.52. The Labute approximate surface area is 135 Å². The summed E-state index contributed by atoms with van der Waals surface area (Å²) in [6.07, 6.45) is 8.28. The third-order valence-corrected chi connectivity index (χ3v) is 4.57. The van der Waals surface area contributed by atoms with E-state index in [1.165, 1.54) is 12.8 Å². The second kappa shape index (κ2) is 6.14. The van der Waals surface area contributed by atoms with Crippen LogP contribution in [-0.2, 0) is 0 Å². The van der Waals surface area contributed by atoms with E-state index in [9.17, 15) is 0 Å². The summed E-state index contributed by atoms with van der Waals surface area (Å²) in [5, 5.41) is 8.55. The van der Waals surface area contributed by atoms with Crippen LogP contribution >= 0.6 is 0 Å². The number of nitrogens with zero attached hydrogens (tertiary/aromatic N) is 6. The van der Waals surface area contributed by atoms with Gasteiger partial charge in [0.05, 0.1) is 6.61 Å². The van der Waals surface area contributed by atoms with Crippen molar-refractivity contribution in [2.75, 3.05) is 24.6 Å². The predicted molar refractivity (Wildman–Crippen MR) is 85.7 cm³/mol. The highest BCUT2D eigenvalue weighted by molar-refractivity contribution is 5.41. The van der Waals surface area contributed by atoms with Gasteiger partial charge in [-0.05, 0) is 32.6 Å². The monoisotopic (exact) mass is 314 g/mol. The first-order chi connectivity index (χ1) is 11.3. The topological polar surface area (TPSA) is 69.0 Å². The van der Waals surface area contributed by atoms with Gasteiger partial charge in [-0.1, -0.05) is 0 Å². The van der Waals surface area contributed by atoms with E-state index < -0.39 is 0 Å². The van der Waals surface area contributed by atoms with Gasteiger partial charge >= 0.3 is 0 Å². The SMILES string of the molecule is CCOc1cc(N2CCC[C@@H](c3nncn3C3CC3)C2)ncn1. The van der Waals surface area contributed by atoms with Crippen LogP contribution in [0.5, 0.6) is 5.88 Å². The fourth-order valence-electron chi connectivity index (χ4n) is 3.30. The Hall–Kier alpha value is -2.18. The molecular weight excluding hydrogens is 292 g/mol. The molecule has 1 aliphatic heterocycles. The van der Waals surface area contributed by atoms with Crippen molar-refractivity contribution in [3.8, 4) is 5.88 Å². The van der Waals surface area contributed by atoms with Crippen molar-refractivity contribution in [2.45, 2.75) is 44.6 Å². The molecule has 0 amide bonds. The highest BCUT2D eigenvalue weighted by atomic mass is 16.5. The quantitative estimate of drug-likeness (QED) is 0.842. The van der Waals surface area contributed by atoms with Gasteiger partial charge in [-0.2, -0.15) is 0 Å². The fourth-order valence-corrected chi connectivity index (χ4v) is 3.30. The van der Waals surface area contributed by atoms with Crippen molar-refractivity contribution >= 4 is 5.82 Å². The molecule has 2 aliphatic rings. The maximum Gasteiger partial charge on any atom is 0.218 e. The lowest BCUT2D eigenvalue weighted by Gasteiger charge is -2.33. The lowest BCUT2D eigenvalue weighted by molar-refractivity contribution is 0.326. The molecule has 1 saturated carbocycles. The molecule has 2 fully saturated rings. The predicted octanol–water partition coefficient (Wildman–Crippen LogP) is 2.19. The van der Waals surface area contributed by atoms with Crippen molar-refractivity contribution in [2.24, 2.45) is 0 Å². The van der Waals surface area contributed by atoms with E-state index in [1.54, 1.807) is 6.33 Å². The standard InChI is InChI=1S/C16H22N6O/c1-2-23-15-8-14(17-10-18-15)21-7-3-4-12(9-21)16-20-19-11-22(16)13-5-6-13/h8,10-13H,2-7,9H2,1H3/t12-/m1/s1. The summed E-state index contributed by atoms with van der Waals surface area (Å²) >= 11 is 0. The molecule has 1 saturated heterocycles. The van der Waals surface area contributed by atoms with Crippen LogP contribution < -0.4 is 9.64 Å². The summed E-state index contributed by atoms with van der Waals surface area (Å²) in [7, 11) is 0. The minimum absolute atomic E-state index is 0.414. The molecule has 7 nitrogen and oxygen atoms in total. The molecule has 0 radical (unpaired) electrons. The number of anilines is 1. The zero-order valence-electron chi connectivity index (χ0n) is 13.4. The molecule has 0 bridgehead atoms. The summed E-state index contributed by atoms with van der Waals surface area (Å²) in [5.74, 6) is 3.13. The van der Waals surface area contributed by atoms with Crippen LogP contribution in [0.4, 0.5) is 5.82 Å². The highest BCUT2D eigenvalue weighted by Gasteiger charge is 2.31. The summed E-state index contributed by atoms with van der Waals surface area (Å²) < 4.78 is 7.77. The first-order valence-electron chi connectivity index (χ1n) is 8.44. The van der Waals surface area contributed by atoms with Crippen LogP contribution in [-0.4, -0.2) is 44.4 Å². The normalized spacial score (nSPS) is 21.4. The largest absolute Gasteiger partial charge is 0.478 e. The van der Waals surface area contributed by atoms with Crippen LogP contribution in [0.15, 0.2) is 18.7 Å². The number of rotatable bonds is 5. The molecule has 7 heteroatoms. The Morgan fingerprint density at radius 3 is 3.00 bits per heavy atom. The Kier molecular flexibility index (Phi) is 3.85. The summed E-state index contributed by atoms with van der Waals surface area (Å²) in [6.45, 7) is 4.51. The van der Waals surface area contributed by atoms with Crippen molar-refractivity contribution in [1.82, 2.24) is 24.7 Å². The summed E-state index contributed by atoms with van der Waals surface area (Å²) in [4.78, 5) is 10.9. The van der Waals surface area contributed by atoms with Crippen molar-refractivity contribution in [3.63, 3.8) is 0 Å². The van der Waals surface area contributed by atoms with E-state index >= 15 is 0 Å². The number of hydrogen-bond acceptors (Lipinski definition) is 6. The Bertz CT molecular complexity index is 668. The van der Waals surface area contributed by atoms with Crippen LogP contribution in [0.1, 0.15) is 50.4 Å². The Morgan fingerprint density at radius 2 is 2.17 bits per heavy atom. The minimum atomic E-state index is 0.414. The van der Waals surface area contributed by atoms with E-state index in [4.69, 9.17) is 4.74 Å². The maximum absolute atomic E-state index is 5.49. The van der Waals surface area contributed by atoms with Gasteiger partial charge in [-0.3, -0.25) is 0 Å². The van der Waals surface area contributed by atoms with Crippen LogP contribution in [0, 0.1) is 0 Å². The minimum Gasteiger partial charge on any atom is -0.478 e. The van der Waals surface area contributed by atoms with Gasteiger partial charge in [0.1, 0.15) is 24.3 Å². The van der Waals surface area contributed by atoms with Gasteiger partial charge in [0, 0.05) is 31.1 Å². The van der Waals surface area contributed by atoms with Crippen molar-refractivity contribution in [1.29, 1.82) is 0 Å². The molecule has 122 valence electrons. The zero-order chi connectivity index (χ0) is 15.6. The molecule has 0 N–H and O–H groups in total. The van der Waals surface area contributed by atoms with E-state index in [2.05, 4.69) is 29.6 Å². The molecule has 2 aromatic heterocycles. The van der Waals surface area contributed by atoms with Gasteiger partial charge in [0.15, 0.2) is 0 Å². The third-order valence-electron chi connectivity index (χ3n) is 4.57. The smallest absolute Gasteiger partial charge is 0.218 e. The van der Waals surface area contributed by atoms with Crippen LogP contribution in [0.2, 0.25) is 0 Å². The molecule has 1 atom stereocenters. The van der Waals surface area contributed by atoms with Gasteiger partial charge in [-0.15, -0.1) is 10.2 Å². The molecule has 0 unspecified atom stereocenters. The van der Waals surface area contributed by atoms with Gasteiger partial charge in [0.2, 0.25) is 5.88 Å². The Morgan fingerprint density at radius 1 is 1.26 bits per heavy atom. The highest BCUT2D eigenvalue weighted by Crippen LogP contribution is 2.38. The van der Waals surface area contributed by atoms with Crippen molar-refractivity contribution < 1.29 is 4.74 Å². The molecule has 23 heavy (non-hydrogen) atoms. The average Bonchev–Trinajstić information content (AvgIpc) is 3.32. The molecular formula is C16H22N6O. The van der Waals surface area contributed by atoms with Gasteiger partial charge in [-0.25, -0.2) is 9.97 Å². The maximum atomic E-state index is 5.49. The number of piperidine rings is 1. The summed E-state index contributed by atoms with van der Waals surface area (Å²) in [5.41, 5.74) is 0. The number of aromatic nitrogens is 5. The lowest BCUT2D eigenvalue weighted by Crippen LogP contribution is -2.36. The molecule has 1 aliphatic carbocycles. The average molecular weight is 314 g/mol. The molecule has 3 heterocycles. The van der Waals surface area contributed by atoms with E-state index in [0.29, 0.717) is 24.4 Å². The van der Waals surface area contributed by atoms with Crippen LogP contribution in [0.25, 0.3) is 0 Å². The second-order valence-corrected chi connectivity index (χ2v) is 6.26. The molecule has 0 spiro atoms. The van der Waals surface area contributed by atoms with Gasteiger partial charge in [0.25, 0.3) is 0 Å². The first-order valence-corrected chi connectivity index (χ1v) is 8.44. The number of ether oxygens (including phenoxy) is 1. The van der Waals surface area contributed by atoms with E-state index in [1.807, 2.05) is 19.3 Å². The molecule has 2 aromatic rings. The second-order valence-electron chi connectivity index (χ2n) is 6.26. The zero-order valence-corrected chi connectivity index (χ0v) is 13.4.